The van der Waals surface area contributed by atoms with Gasteiger partial charge in [0.25, 0.3) is 5.69 Å². The maximum Gasteiger partial charge on any atom is 0.335 e. The van der Waals surface area contributed by atoms with E-state index in [1.807, 2.05) is 0 Å². The Hall–Kier alpha value is -1.76. The van der Waals surface area contributed by atoms with Crippen LogP contribution in [0.15, 0.2) is 18.2 Å². The molecule has 0 atom stereocenters. The molecule has 1 aromatic carbocycles. The summed E-state index contributed by atoms with van der Waals surface area (Å²) in [5, 5.41) is 19.9. The van der Waals surface area contributed by atoms with Crippen molar-refractivity contribution in [1.29, 1.82) is 0 Å². The van der Waals surface area contributed by atoms with Crippen molar-refractivity contribution in [2.45, 2.75) is 20.0 Å². The van der Waals surface area contributed by atoms with E-state index in [-0.39, 0.29) is 36.2 Å². The second-order valence-corrected chi connectivity index (χ2v) is 6.06. The van der Waals surface area contributed by atoms with Gasteiger partial charge in [0.1, 0.15) is 0 Å². The lowest BCUT2D eigenvalue weighted by Crippen LogP contribution is -2.04. The van der Waals surface area contributed by atoms with Crippen molar-refractivity contribution < 1.29 is 28.4 Å². The lowest BCUT2D eigenvalue weighted by atomic mass is 10.1. The molecule has 21 heavy (non-hydrogen) atoms. The molecule has 1 N–H and O–H groups in total. The first-order valence-corrected chi connectivity index (χ1v) is 7.94. The molecule has 0 aliphatic heterocycles. The Bertz CT molecular complexity index is 577. The van der Waals surface area contributed by atoms with Gasteiger partial charge < -0.3 is 14.2 Å². The highest BCUT2D eigenvalue weighted by Gasteiger charge is 2.29. The third-order valence-electron chi connectivity index (χ3n) is 2.54. The molecule has 8 nitrogen and oxygen atoms in total. The fourth-order valence-electron chi connectivity index (χ4n) is 1.75. The highest BCUT2D eigenvalue weighted by Crippen LogP contribution is 2.52. The third kappa shape index (κ3) is 4.63. The Balaban J connectivity index is 3.25. The van der Waals surface area contributed by atoms with Crippen molar-refractivity contribution in [1.82, 2.24) is 0 Å². The zero-order valence-corrected chi connectivity index (χ0v) is 12.5. The first kappa shape index (κ1) is 17.3. The Morgan fingerprint density at radius 3 is 2.33 bits per heavy atom. The van der Waals surface area contributed by atoms with E-state index in [0.717, 1.165) is 18.2 Å². The van der Waals surface area contributed by atoms with Crippen molar-refractivity contribution in [3.8, 4) is 0 Å². The highest BCUT2D eigenvalue weighted by atomic mass is 31.2. The fourth-order valence-corrected chi connectivity index (χ4v) is 3.47. The summed E-state index contributed by atoms with van der Waals surface area (Å²) in [4.78, 5) is 21.3. The molecule has 0 aliphatic rings. The number of carboxylic acids is 1. The van der Waals surface area contributed by atoms with Gasteiger partial charge in [-0.25, -0.2) is 4.79 Å². The number of benzene rings is 1. The minimum absolute atomic E-state index is 0.00475. The van der Waals surface area contributed by atoms with Gasteiger partial charge in [0.05, 0.1) is 29.9 Å². The first-order valence-electron chi connectivity index (χ1n) is 6.21. The quantitative estimate of drug-likeness (QED) is 0.445. The van der Waals surface area contributed by atoms with Crippen LogP contribution in [0.1, 0.15) is 29.8 Å². The molecule has 0 spiro atoms. The van der Waals surface area contributed by atoms with Crippen molar-refractivity contribution in [2.75, 3.05) is 13.2 Å². The molecule has 0 saturated heterocycles. The average molecular weight is 317 g/mol. The molecular formula is C12H16NO7P. The normalized spacial score (nSPS) is 11.3. The molecule has 9 heteroatoms. The van der Waals surface area contributed by atoms with E-state index in [2.05, 4.69) is 0 Å². The molecule has 116 valence electrons. The van der Waals surface area contributed by atoms with Crippen LogP contribution >= 0.6 is 7.60 Å². The van der Waals surface area contributed by atoms with E-state index in [4.69, 9.17) is 14.2 Å². The van der Waals surface area contributed by atoms with E-state index in [1.54, 1.807) is 13.8 Å². The summed E-state index contributed by atoms with van der Waals surface area (Å²) in [7, 11) is -3.56. The fraction of sp³-hybridized carbons (Fsp3) is 0.417. The zero-order chi connectivity index (χ0) is 16.0. The van der Waals surface area contributed by atoms with Gasteiger partial charge in [0, 0.05) is 11.6 Å². The molecule has 0 unspecified atom stereocenters. The minimum atomic E-state index is -3.56. The number of nitro benzene ring substituents is 1. The van der Waals surface area contributed by atoms with E-state index >= 15 is 0 Å². The second-order valence-electron chi connectivity index (χ2n) is 4.01. The summed E-state index contributed by atoms with van der Waals surface area (Å²) in [5.74, 6) is -1.23. The number of carboxylic acid groups (broad SMARTS) is 1. The number of nitrogens with zero attached hydrogens (tertiary/aromatic N) is 1. The van der Waals surface area contributed by atoms with Crippen molar-refractivity contribution in [3.63, 3.8) is 0 Å². The Labute approximate surface area is 121 Å². The number of rotatable bonds is 8. The monoisotopic (exact) mass is 317 g/mol. The van der Waals surface area contributed by atoms with Crippen molar-refractivity contribution in [3.05, 3.63) is 39.4 Å². The van der Waals surface area contributed by atoms with Crippen LogP contribution in [0.2, 0.25) is 0 Å². The average Bonchev–Trinajstić information content (AvgIpc) is 2.38. The van der Waals surface area contributed by atoms with Gasteiger partial charge in [-0.1, -0.05) is 0 Å². The van der Waals surface area contributed by atoms with Crippen LogP contribution in [0.25, 0.3) is 0 Å². The number of nitro groups is 1. The Morgan fingerprint density at radius 2 is 1.90 bits per heavy atom. The van der Waals surface area contributed by atoms with E-state index in [1.165, 1.54) is 0 Å². The molecule has 0 fully saturated rings. The summed E-state index contributed by atoms with van der Waals surface area (Å²) in [6.07, 6.45) is -0.355. The van der Waals surface area contributed by atoms with Gasteiger partial charge in [-0.3, -0.25) is 14.7 Å². The Morgan fingerprint density at radius 1 is 1.33 bits per heavy atom. The van der Waals surface area contributed by atoms with Crippen LogP contribution in [0.3, 0.4) is 0 Å². The third-order valence-corrected chi connectivity index (χ3v) is 4.57. The largest absolute Gasteiger partial charge is 0.478 e. The van der Waals surface area contributed by atoms with Gasteiger partial charge in [0.2, 0.25) is 0 Å². The van der Waals surface area contributed by atoms with Gasteiger partial charge in [-0.15, -0.1) is 0 Å². The Kier molecular flexibility index (Phi) is 6.02. The van der Waals surface area contributed by atoms with Crippen LogP contribution in [0.5, 0.6) is 0 Å². The SMILES string of the molecule is CCOP(=O)(Cc1cc(C(=O)O)ccc1[N+](=O)[O-])OCC. The number of carbonyl (C=O) groups is 1. The van der Waals surface area contributed by atoms with Crippen LogP contribution in [-0.2, 0) is 19.8 Å². The summed E-state index contributed by atoms with van der Waals surface area (Å²) < 4.78 is 22.6. The summed E-state index contributed by atoms with van der Waals surface area (Å²) in [6.45, 7) is 3.47. The predicted octanol–water partition coefficient (Wildman–Crippen LogP) is 3.06. The van der Waals surface area contributed by atoms with Crippen molar-refractivity contribution in [2.24, 2.45) is 0 Å². The first-order chi connectivity index (χ1) is 9.83. The molecule has 0 bridgehead atoms. The van der Waals surface area contributed by atoms with Crippen molar-refractivity contribution >= 4 is 19.3 Å². The second kappa shape index (κ2) is 7.31. The standard InChI is InChI=1S/C12H16NO7P/c1-3-19-21(18,20-4-2)8-10-7-9(12(14)15)5-6-11(10)13(16)17/h5-7H,3-4,8H2,1-2H3,(H,14,15). The maximum absolute atomic E-state index is 12.4. The summed E-state index contributed by atoms with van der Waals surface area (Å²) >= 11 is 0. The lowest BCUT2D eigenvalue weighted by molar-refractivity contribution is -0.385. The molecule has 0 aliphatic carbocycles. The maximum atomic E-state index is 12.4. The molecule has 1 aromatic rings. The summed E-state index contributed by atoms with van der Waals surface area (Å²) in [5.41, 5.74) is -0.445. The smallest absolute Gasteiger partial charge is 0.335 e. The van der Waals surface area contributed by atoms with Crippen LogP contribution in [-0.4, -0.2) is 29.2 Å². The molecular weight excluding hydrogens is 301 g/mol. The molecule has 1 rings (SSSR count). The van der Waals surface area contributed by atoms with E-state index in [9.17, 15) is 19.5 Å². The van der Waals surface area contributed by atoms with Gasteiger partial charge in [0.15, 0.2) is 0 Å². The van der Waals surface area contributed by atoms with E-state index < -0.39 is 18.5 Å². The number of aromatic carboxylic acids is 1. The lowest BCUT2D eigenvalue weighted by Gasteiger charge is -2.17. The number of hydrogen-bond donors (Lipinski definition) is 1. The predicted molar refractivity (Wildman–Crippen MR) is 74.6 cm³/mol. The minimum Gasteiger partial charge on any atom is -0.478 e. The van der Waals surface area contributed by atoms with Crippen LogP contribution in [0, 0.1) is 10.1 Å². The number of hydrogen-bond acceptors (Lipinski definition) is 6. The molecule has 0 amide bonds. The van der Waals surface area contributed by atoms with Gasteiger partial charge in [-0.05, 0) is 26.0 Å². The molecule has 0 aromatic heterocycles. The van der Waals surface area contributed by atoms with Gasteiger partial charge in [-0.2, -0.15) is 0 Å². The molecule has 0 saturated carbocycles. The highest BCUT2D eigenvalue weighted by molar-refractivity contribution is 7.53. The van der Waals surface area contributed by atoms with Crippen LogP contribution < -0.4 is 0 Å². The molecule has 0 radical (unpaired) electrons. The van der Waals surface area contributed by atoms with Crippen LogP contribution in [0.4, 0.5) is 5.69 Å². The van der Waals surface area contributed by atoms with E-state index in [0.29, 0.717) is 0 Å². The zero-order valence-electron chi connectivity index (χ0n) is 11.6. The summed E-state index contributed by atoms with van der Waals surface area (Å²) in [6, 6.07) is 3.31. The molecule has 0 heterocycles. The van der Waals surface area contributed by atoms with Gasteiger partial charge >= 0.3 is 13.6 Å². The topological polar surface area (TPSA) is 116 Å².